The lowest BCUT2D eigenvalue weighted by Gasteiger charge is -2.13. The second-order valence-electron chi connectivity index (χ2n) is 4.74. The number of methoxy groups -OCH3 is 1. The van der Waals surface area contributed by atoms with Gasteiger partial charge in [0.05, 0.1) is 17.7 Å². The average molecular weight is 349 g/mol. The largest absolute Gasteiger partial charge is 0.772 e. The van der Waals surface area contributed by atoms with Gasteiger partial charge in [-0.2, -0.15) is 0 Å². The minimum Gasteiger partial charge on any atom is -0.772 e. The predicted molar refractivity (Wildman–Crippen MR) is 86.7 cm³/mol. The molecule has 0 fully saturated rings. The van der Waals surface area contributed by atoms with E-state index in [2.05, 4.69) is 5.32 Å². The Kier molecular flexibility index (Phi) is 5.61. The third kappa shape index (κ3) is 4.37. The van der Waals surface area contributed by atoms with Gasteiger partial charge in [-0.3, -0.25) is 19.1 Å². The second-order valence-corrected chi connectivity index (χ2v) is 5.64. The van der Waals surface area contributed by atoms with Crippen LogP contribution in [-0.2, 0) is 16.8 Å². The molecule has 0 radical (unpaired) electrons. The Morgan fingerprint density at radius 2 is 1.92 bits per heavy atom. The predicted octanol–water partition coefficient (Wildman–Crippen LogP) is 2.23. The molecule has 1 N–H and O–H groups in total. The number of hydrogen-bond donors (Lipinski definition) is 1. The molecule has 0 heterocycles. The van der Waals surface area contributed by atoms with Crippen LogP contribution in [0.1, 0.15) is 15.9 Å². The topological polar surface area (TPSA) is 122 Å². The van der Waals surface area contributed by atoms with E-state index >= 15 is 0 Å². The molecule has 2 rings (SSSR count). The van der Waals surface area contributed by atoms with Crippen molar-refractivity contribution in [2.75, 3.05) is 12.4 Å². The van der Waals surface area contributed by atoms with Gasteiger partial charge in [0.1, 0.15) is 5.75 Å². The van der Waals surface area contributed by atoms with Crippen LogP contribution >= 0.6 is 0 Å². The summed E-state index contributed by atoms with van der Waals surface area (Å²) in [5.74, 6) is -0.320. The third-order valence-corrected chi connectivity index (χ3v) is 3.71. The molecule has 1 amide bonds. The maximum absolute atomic E-state index is 12.2. The van der Waals surface area contributed by atoms with E-state index in [1.165, 1.54) is 37.4 Å². The van der Waals surface area contributed by atoms with Gasteiger partial charge in [0, 0.05) is 23.4 Å². The second kappa shape index (κ2) is 7.66. The van der Waals surface area contributed by atoms with Crippen LogP contribution in [0.15, 0.2) is 42.5 Å². The summed E-state index contributed by atoms with van der Waals surface area (Å²) in [5.41, 5.74) is 0.899. The zero-order valence-corrected chi connectivity index (χ0v) is 13.4. The summed E-state index contributed by atoms with van der Waals surface area (Å²) in [4.78, 5) is 22.3. The van der Waals surface area contributed by atoms with E-state index in [9.17, 15) is 23.7 Å². The Morgan fingerprint density at radius 3 is 2.46 bits per heavy atom. The van der Waals surface area contributed by atoms with Crippen LogP contribution in [0.25, 0.3) is 0 Å². The molecule has 0 aromatic heterocycles. The number of carbonyl (C=O) groups excluding carboxylic acids is 1. The molecule has 0 aliphatic heterocycles. The molecule has 24 heavy (non-hydrogen) atoms. The normalized spacial score (nSPS) is 11.6. The molecule has 0 aliphatic carbocycles. The summed E-state index contributed by atoms with van der Waals surface area (Å²) in [6.07, 6.45) is 0. The van der Waals surface area contributed by atoms with E-state index in [0.29, 0.717) is 17.0 Å². The highest BCUT2D eigenvalue weighted by atomic mass is 32.2. The van der Waals surface area contributed by atoms with Crippen molar-refractivity contribution in [3.05, 3.63) is 63.7 Å². The number of benzene rings is 2. The van der Waals surface area contributed by atoms with Crippen LogP contribution < -0.4 is 10.1 Å². The van der Waals surface area contributed by atoms with Gasteiger partial charge >= 0.3 is 0 Å². The number of ether oxygens (including phenoxy) is 1. The summed E-state index contributed by atoms with van der Waals surface area (Å²) in [7, 11) is 1.42. The molecule has 1 atom stereocenters. The lowest BCUT2D eigenvalue weighted by atomic mass is 10.1. The van der Waals surface area contributed by atoms with Crippen molar-refractivity contribution in [2.45, 2.75) is 5.75 Å². The van der Waals surface area contributed by atoms with Gasteiger partial charge in [-0.25, -0.2) is 0 Å². The number of hydrogen-bond acceptors (Lipinski definition) is 6. The molecule has 8 nitrogen and oxygen atoms in total. The SMILES string of the molecule is COc1ccc(CS(=O)[O-])cc1NC(=O)c1ccc([N+](=O)[O-])cc1. The van der Waals surface area contributed by atoms with Crippen molar-refractivity contribution < 1.29 is 23.2 Å². The number of nitro benzene ring substituents is 1. The molecule has 126 valence electrons. The molecular weight excluding hydrogens is 336 g/mol. The highest BCUT2D eigenvalue weighted by Crippen LogP contribution is 2.26. The van der Waals surface area contributed by atoms with Gasteiger partial charge in [0.25, 0.3) is 11.6 Å². The van der Waals surface area contributed by atoms with Crippen LogP contribution in [-0.4, -0.2) is 26.7 Å². The lowest BCUT2D eigenvalue weighted by molar-refractivity contribution is -0.384. The number of amides is 1. The van der Waals surface area contributed by atoms with E-state index in [1.807, 2.05) is 0 Å². The van der Waals surface area contributed by atoms with Crippen molar-refractivity contribution in [3.8, 4) is 5.75 Å². The van der Waals surface area contributed by atoms with Crippen molar-refractivity contribution in [3.63, 3.8) is 0 Å². The molecular formula is C15H13N2O6S-. The number of non-ortho nitro benzene ring substituents is 1. The first kappa shape index (κ1) is 17.6. The molecule has 0 saturated heterocycles. The van der Waals surface area contributed by atoms with Crippen molar-refractivity contribution in [1.82, 2.24) is 0 Å². The van der Waals surface area contributed by atoms with Gasteiger partial charge in [-0.05, 0) is 29.8 Å². The smallest absolute Gasteiger partial charge is 0.269 e. The number of carbonyl (C=O) groups is 1. The summed E-state index contributed by atoms with van der Waals surface area (Å²) >= 11 is -2.26. The Labute approximate surface area is 139 Å². The summed E-state index contributed by atoms with van der Waals surface area (Å²) in [6.45, 7) is 0. The minimum absolute atomic E-state index is 0.121. The number of nitrogens with one attached hydrogen (secondary N) is 1. The van der Waals surface area contributed by atoms with E-state index in [0.717, 1.165) is 0 Å². The first-order chi connectivity index (χ1) is 11.4. The minimum atomic E-state index is -2.26. The van der Waals surface area contributed by atoms with E-state index in [1.54, 1.807) is 12.1 Å². The summed E-state index contributed by atoms with van der Waals surface area (Å²) in [6, 6.07) is 9.74. The quantitative estimate of drug-likeness (QED) is 0.485. The van der Waals surface area contributed by atoms with Gasteiger partial charge in [-0.15, -0.1) is 0 Å². The first-order valence-electron chi connectivity index (χ1n) is 6.69. The molecule has 0 bridgehead atoms. The number of nitrogens with zero attached hydrogens (tertiary/aromatic N) is 1. The van der Waals surface area contributed by atoms with E-state index < -0.39 is 21.9 Å². The fourth-order valence-electron chi connectivity index (χ4n) is 2.01. The lowest BCUT2D eigenvalue weighted by Crippen LogP contribution is -2.13. The van der Waals surface area contributed by atoms with Crippen molar-refractivity contribution in [2.24, 2.45) is 0 Å². The fourth-order valence-corrected chi connectivity index (χ4v) is 2.46. The van der Waals surface area contributed by atoms with Gasteiger partial charge in [0.15, 0.2) is 0 Å². The molecule has 2 aromatic rings. The molecule has 0 spiro atoms. The van der Waals surface area contributed by atoms with Gasteiger partial charge in [0.2, 0.25) is 0 Å². The maximum Gasteiger partial charge on any atom is 0.269 e. The molecule has 0 aliphatic rings. The molecule has 0 saturated carbocycles. The summed E-state index contributed by atoms with van der Waals surface area (Å²) in [5, 5.41) is 13.2. The zero-order valence-electron chi connectivity index (χ0n) is 12.6. The zero-order chi connectivity index (χ0) is 17.7. The molecule has 2 aromatic carbocycles. The van der Waals surface area contributed by atoms with E-state index in [-0.39, 0.29) is 17.0 Å². The Morgan fingerprint density at radius 1 is 1.25 bits per heavy atom. The fraction of sp³-hybridized carbons (Fsp3) is 0.133. The monoisotopic (exact) mass is 349 g/mol. The molecule has 9 heteroatoms. The Bertz CT molecular complexity index is 791. The van der Waals surface area contributed by atoms with E-state index in [4.69, 9.17) is 4.74 Å². The van der Waals surface area contributed by atoms with Crippen LogP contribution in [0.3, 0.4) is 0 Å². The van der Waals surface area contributed by atoms with Crippen LogP contribution in [0, 0.1) is 10.1 Å². The average Bonchev–Trinajstić information content (AvgIpc) is 2.54. The molecule has 1 unspecified atom stereocenters. The Balaban J connectivity index is 2.23. The van der Waals surface area contributed by atoms with Crippen molar-refractivity contribution >= 4 is 28.4 Å². The van der Waals surface area contributed by atoms with Crippen molar-refractivity contribution in [1.29, 1.82) is 0 Å². The van der Waals surface area contributed by atoms with Crippen LogP contribution in [0.5, 0.6) is 5.75 Å². The van der Waals surface area contributed by atoms with Crippen LogP contribution in [0.2, 0.25) is 0 Å². The summed E-state index contributed by atoms with van der Waals surface area (Å²) < 4.78 is 26.7. The highest BCUT2D eigenvalue weighted by Gasteiger charge is 2.12. The first-order valence-corrected chi connectivity index (χ1v) is 7.93. The number of nitro groups is 1. The van der Waals surface area contributed by atoms with Gasteiger partial charge < -0.3 is 14.6 Å². The number of rotatable bonds is 6. The van der Waals surface area contributed by atoms with Gasteiger partial charge in [-0.1, -0.05) is 17.1 Å². The maximum atomic E-state index is 12.2. The number of anilines is 1. The Hall–Kier alpha value is -2.78. The highest BCUT2D eigenvalue weighted by molar-refractivity contribution is 7.78. The third-order valence-electron chi connectivity index (χ3n) is 3.14. The standard InChI is InChI=1S/C15H14N2O6S/c1-23-14-7-2-10(9-24(21)22)8-13(14)16-15(18)11-3-5-12(6-4-11)17(19)20/h2-8H,9H2,1H3,(H,16,18)(H,21,22)/p-1. The van der Waals surface area contributed by atoms with Crippen LogP contribution in [0.4, 0.5) is 11.4 Å².